The summed E-state index contributed by atoms with van der Waals surface area (Å²) in [6, 6.07) is 31.6. The summed E-state index contributed by atoms with van der Waals surface area (Å²) in [5, 5.41) is 13.1. The number of cyclic esters (lactones) is 1. The highest BCUT2D eigenvalue weighted by molar-refractivity contribution is 6.23. The van der Waals surface area contributed by atoms with Gasteiger partial charge in [0, 0.05) is 49.5 Å². The number of aromatic nitrogens is 1. The van der Waals surface area contributed by atoms with Crippen LogP contribution in [-0.4, -0.2) is 111 Å². The maximum Gasteiger partial charge on any atom is 0.421 e. The molecule has 366 valence electrons. The second kappa shape index (κ2) is 22.2. The fourth-order valence-corrected chi connectivity index (χ4v) is 9.98. The number of nitrogens with one attached hydrogen (secondary N) is 1. The first-order valence-electron chi connectivity index (χ1n) is 23.0. The third-order valence-corrected chi connectivity index (χ3v) is 12.9. The number of hydrogen-bond donors (Lipinski definition) is 2. The number of ether oxygens (including phenoxy) is 6. The first-order valence-corrected chi connectivity index (χ1v) is 23.0. The molecule has 3 aliphatic heterocycles. The van der Waals surface area contributed by atoms with E-state index in [0.717, 1.165) is 19.1 Å². The quantitative estimate of drug-likeness (QED) is 0.0440. The van der Waals surface area contributed by atoms with Gasteiger partial charge in [-0.05, 0) is 53.1 Å². The Labute approximate surface area is 409 Å². The largest absolute Gasteiger partial charge is 0.491 e. The molecule has 0 unspecified atom stereocenters. The Morgan fingerprint density at radius 3 is 2.18 bits per heavy atom. The van der Waals surface area contributed by atoms with E-state index >= 15 is 14.4 Å². The molecule has 0 radical (unpaired) electrons. The Bertz CT molecular complexity index is 2800. The summed E-state index contributed by atoms with van der Waals surface area (Å²) in [5.41, 5.74) is 0.553. The van der Waals surface area contributed by atoms with E-state index in [1.165, 1.54) is 13.2 Å². The molecule has 0 aliphatic carbocycles. The fraction of sp³-hybridized carbons (Fsp3) is 0.315. The van der Waals surface area contributed by atoms with Gasteiger partial charge in [0.25, 0.3) is 0 Å². The van der Waals surface area contributed by atoms with Crippen molar-refractivity contribution in [3.8, 4) is 17.6 Å². The molecule has 6 atom stereocenters. The molecule has 2 saturated heterocycles. The lowest BCUT2D eigenvalue weighted by Gasteiger charge is -2.46. The number of anilines is 1. The third kappa shape index (κ3) is 9.57. The van der Waals surface area contributed by atoms with Crippen LogP contribution in [0.15, 0.2) is 128 Å². The number of hydrogen-bond acceptors (Lipinski definition) is 15. The van der Waals surface area contributed by atoms with Gasteiger partial charge in [-0.25, -0.2) is 9.69 Å². The normalized spacial score (nSPS) is 21.1. The summed E-state index contributed by atoms with van der Waals surface area (Å²) in [6.07, 6.45) is -0.462. The van der Waals surface area contributed by atoms with Gasteiger partial charge in [0.15, 0.2) is 5.92 Å². The van der Waals surface area contributed by atoms with Gasteiger partial charge in [0.1, 0.15) is 36.5 Å². The molecule has 0 bridgehead atoms. The maximum atomic E-state index is 16.5. The first kappa shape index (κ1) is 49.5. The molecule has 1 aromatic heterocycles. The van der Waals surface area contributed by atoms with E-state index in [1.807, 2.05) is 77.7 Å². The van der Waals surface area contributed by atoms with Gasteiger partial charge in [0.2, 0.25) is 11.8 Å². The SMILES string of the molecule is COCCOC(=O)N1C(=O)[C@@]2(c3cc(C#CCC(C(=O)OC)C(=O)OC)ccc31)[C@H](c1ccccc1OCCO)N1[C@H](c3ccccc3)[C@H](c3ccccc3)OC(=O)[C@H]1[C@@H]2C(=O)NCCc1ccccn1. The van der Waals surface area contributed by atoms with E-state index in [0.29, 0.717) is 22.4 Å². The van der Waals surface area contributed by atoms with E-state index < -0.39 is 77.3 Å². The topological polar surface area (TPSA) is 209 Å². The number of carbonyl (C=O) groups is 6. The number of fused-ring (bicyclic) bond motifs is 3. The zero-order chi connectivity index (χ0) is 50.1. The Kier molecular flexibility index (Phi) is 15.5. The number of carbonyl (C=O) groups excluding carboxylic acids is 6. The number of amides is 3. The van der Waals surface area contributed by atoms with Gasteiger partial charge < -0.3 is 38.8 Å². The summed E-state index contributed by atoms with van der Waals surface area (Å²) in [5.74, 6) is -1.04. The lowest BCUT2D eigenvalue weighted by molar-refractivity contribution is -0.178. The molecule has 3 amide bonds. The van der Waals surface area contributed by atoms with E-state index in [1.54, 1.807) is 48.7 Å². The smallest absolute Gasteiger partial charge is 0.421 e. The number of aliphatic hydroxyl groups is 1. The average molecular weight is 965 g/mol. The van der Waals surface area contributed by atoms with Gasteiger partial charge in [-0.3, -0.25) is 33.9 Å². The Morgan fingerprint density at radius 2 is 1.51 bits per heavy atom. The molecule has 2 fully saturated rings. The average Bonchev–Trinajstić information content (AvgIpc) is 3.86. The predicted octanol–water partition coefficient (Wildman–Crippen LogP) is 4.96. The van der Waals surface area contributed by atoms with Crippen molar-refractivity contribution < 1.29 is 62.3 Å². The minimum absolute atomic E-state index is 0.000733. The number of esters is 3. The molecule has 4 heterocycles. The van der Waals surface area contributed by atoms with Crippen molar-refractivity contribution in [1.82, 2.24) is 15.2 Å². The Balaban J connectivity index is 1.43. The maximum absolute atomic E-state index is 16.5. The molecule has 2 N–H and O–H groups in total. The van der Waals surface area contributed by atoms with E-state index in [2.05, 4.69) is 22.1 Å². The van der Waals surface area contributed by atoms with Crippen LogP contribution in [0, 0.1) is 23.7 Å². The third-order valence-electron chi connectivity index (χ3n) is 12.9. The monoisotopic (exact) mass is 964 g/mol. The molecule has 71 heavy (non-hydrogen) atoms. The van der Waals surface area contributed by atoms with Gasteiger partial charge in [0.05, 0.1) is 51.1 Å². The van der Waals surface area contributed by atoms with Crippen LogP contribution in [-0.2, 0) is 59.5 Å². The summed E-state index contributed by atoms with van der Waals surface area (Å²) in [7, 11) is 3.70. The highest BCUT2D eigenvalue weighted by Crippen LogP contribution is 2.66. The number of para-hydroxylation sites is 1. The van der Waals surface area contributed by atoms with Crippen LogP contribution in [0.2, 0.25) is 0 Å². The second-order valence-corrected chi connectivity index (χ2v) is 16.8. The van der Waals surface area contributed by atoms with Crippen LogP contribution < -0.4 is 15.0 Å². The van der Waals surface area contributed by atoms with Gasteiger partial charge in [-0.1, -0.05) is 96.8 Å². The number of imide groups is 1. The molecule has 0 saturated carbocycles. The molecule has 4 aromatic carbocycles. The summed E-state index contributed by atoms with van der Waals surface area (Å²) < 4.78 is 33.3. The number of morpholine rings is 1. The van der Waals surface area contributed by atoms with Crippen molar-refractivity contribution in [2.24, 2.45) is 11.8 Å². The van der Waals surface area contributed by atoms with Crippen LogP contribution in [0.3, 0.4) is 0 Å². The Hall–Kier alpha value is -7.91. The van der Waals surface area contributed by atoms with Crippen molar-refractivity contribution >= 4 is 41.5 Å². The number of pyridine rings is 1. The Morgan fingerprint density at radius 1 is 0.817 bits per heavy atom. The van der Waals surface area contributed by atoms with E-state index in [9.17, 15) is 19.5 Å². The summed E-state index contributed by atoms with van der Waals surface area (Å²) in [4.78, 5) is 94.6. The van der Waals surface area contributed by atoms with E-state index in [-0.39, 0.29) is 68.4 Å². The van der Waals surface area contributed by atoms with Crippen molar-refractivity contribution in [3.63, 3.8) is 0 Å². The minimum atomic E-state index is -2.20. The first-order chi connectivity index (χ1) is 34.6. The molecule has 17 nitrogen and oxygen atoms in total. The van der Waals surface area contributed by atoms with Crippen molar-refractivity contribution in [1.29, 1.82) is 0 Å². The zero-order valence-electron chi connectivity index (χ0n) is 39.2. The lowest BCUT2D eigenvalue weighted by atomic mass is 9.65. The van der Waals surface area contributed by atoms with Gasteiger partial charge >= 0.3 is 24.0 Å². The number of methoxy groups -OCH3 is 3. The summed E-state index contributed by atoms with van der Waals surface area (Å²) >= 11 is 0. The molecule has 3 aliphatic rings. The molecular weight excluding hydrogens is 913 g/mol. The second-order valence-electron chi connectivity index (χ2n) is 16.8. The standard InChI is InChI=1S/C54H52N4O13/c1-66-31-32-70-53(65)57-41-25-24-34(15-14-22-39(49(61)67-2)50(62)68-3)33-40(41)54(52(57)64)43(48(60)56-28-26-37-20-12-13-27-55-37)45-51(63)71-46(36-18-8-5-9-19-36)44(35-16-6-4-7-17-35)58(45)47(54)38-21-10-11-23-42(38)69-30-29-59/h4-13,16-21,23-25,27,33,39,43-47,59H,22,26,28-32H2,1-3H3,(H,56,60)/t43-,44-,45-,46+,47+,54-/m1/s1. The van der Waals surface area contributed by atoms with Crippen LogP contribution >= 0.6 is 0 Å². The van der Waals surface area contributed by atoms with Crippen LogP contribution in [0.5, 0.6) is 5.75 Å². The van der Waals surface area contributed by atoms with Crippen molar-refractivity contribution in [2.45, 2.75) is 42.5 Å². The van der Waals surface area contributed by atoms with Crippen molar-refractivity contribution in [2.75, 3.05) is 59.2 Å². The van der Waals surface area contributed by atoms with Crippen molar-refractivity contribution in [3.05, 3.63) is 161 Å². The van der Waals surface area contributed by atoms with Gasteiger partial charge in [-0.15, -0.1) is 0 Å². The fourth-order valence-electron chi connectivity index (χ4n) is 9.98. The summed E-state index contributed by atoms with van der Waals surface area (Å²) in [6.45, 7) is -0.726. The number of rotatable bonds is 16. The number of benzene rings is 4. The molecular formula is C54H52N4O13. The van der Waals surface area contributed by atoms with Crippen LogP contribution in [0.1, 0.15) is 58.1 Å². The number of aliphatic hydroxyl groups excluding tert-OH is 1. The molecule has 1 spiro atoms. The zero-order valence-corrected chi connectivity index (χ0v) is 39.2. The molecule has 17 heteroatoms. The van der Waals surface area contributed by atoms with Gasteiger partial charge in [-0.2, -0.15) is 0 Å². The minimum Gasteiger partial charge on any atom is -0.491 e. The number of nitrogens with zero attached hydrogens (tertiary/aromatic N) is 3. The van der Waals surface area contributed by atoms with Crippen LogP contribution in [0.4, 0.5) is 10.5 Å². The van der Waals surface area contributed by atoms with Crippen LogP contribution in [0.25, 0.3) is 0 Å². The molecule has 8 rings (SSSR count). The molecule has 5 aromatic rings. The highest BCUT2D eigenvalue weighted by atomic mass is 16.6. The predicted molar refractivity (Wildman–Crippen MR) is 254 cm³/mol. The highest BCUT2D eigenvalue weighted by Gasteiger charge is 2.76. The van der Waals surface area contributed by atoms with E-state index in [4.69, 9.17) is 28.4 Å². The lowest BCUT2D eigenvalue weighted by Crippen LogP contribution is -2.56.